The summed E-state index contributed by atoms with van der Waals surface area (Å²) in [6.45, 7) is 0. The Balaban J connectivity index is 2.00. The second kappa shape index (κ2) is 5.47. The lowest BCUT2D eigenvalue weighted by Gasteiger charge is -2.19. The van der Waals surface area contributed by atoms with Crippen molar-refractivity contribution in [3.63, 3.8) is 0 Å². The van der Waals surface area contributed by atoms with Gasteiger partial charge >= 0.3 is 0 Å². The quantitative estimate of drug-likeness (QED) is 0.747. The Kier molecular flexibility index (Phi) is 3.84. The number of thiophene rings is 1. The van der Waals surface area contributed by atoms with E-state index in [0.29, 0.717) is 24.1 Å². The van der Waals surface area contributed by atoms with Gasteiger partial charge in [-0.25, -0.2) is 4.39 Å². The topological polar surface area (TPSA) is 29.1 Å². The number of hydrogen-bond acceptors (Lipinski definition) is 2. The van der Waals surface area contributed by atoms with E-state index in [2.05, 4.69) is 21.2 Å². The third-order valence-electron chi connectivity index (χ3n) is 3.23. The van der Waals surface area contributed by atoms with Crippen LogP contribution in [0, 0.1) is 5.82 Å². The first-order valence-electron chi connectivity index (χ1n) is 6.06. The van der Waals surface area contributed by atoms with Gasteiger partial charge in [0.15, 0.2) is 0 Å². The fraction of sp³-hybridized carbons (Fsp3) is 0.214. The first-order valence-corrected chi connectivity index (χ1v) is 8.10. The van der Waals surface area contributed by atoms with Crippen molar-refractivity contribution in [2.45, 2.75) is 18.2 Å². The zero-order valence-corrected chi connectivity index (χ0v) is 13.4. The molecule has 3 rings (SSSR count). The van der Waals surface area contributed by atoms with Crippen LogP contribution >= 0.6 is 38.9 Å². The third-order valence-corrected chi connectivity index (χ3v) is 5.52. The predicted octanol–water partition coefficient (Wildman–Crippen LogP) is 4.86. The number of hydrogen-bond donors (Lipinski definition) is 1. The van der Waals surface area contributed by atoms with Crippen LogP contribution in [-0.4, -0.2) is 5.91 Å². The fourth-order valence-corrected chi connectivity index (χ4v) is 4.03. The van der Waals surface area contributed by atoms with E-state index in [1.54, 1.807) is 6.07 Å². The van der Waals surface area contributed by atoms with Crippen LogP contribution in [0.1, 0.15) is 27.8 Å². The number of aryl methyl sites for hydroxylation is 1. The SMILES string of the molecule is O=C1CCc2cc(C(Cl)c3ccc(Br)s3)c(F)cc2N1. The molecule has 2 aromatic rings. The molecule has 0 spiro atoms. The molecule has 1 N–H and O–H groups in total. The van der Waals surface area contributed by atoms with Crippen LogP contribution in [0.25, 0.3) is 0 Å². The van der Waals surface area contributed by atoms with E-state index in [-0.39, 0.29) is 5.91 Å². The van der Waals surface area contributed by atoms with Crippen LogP contribution in [0.15, 0.2) is 28.1 Å². The standard InChI is InChI=1S/C14H10BrClFNOS/c15-12-3-2-11(20-12)14(16)8-5-7-1-4-13(19)18-10(7)6-9(8)17/h2-3,5-6,14H,1,4H2,(H,18,19). The minimum atomic E-state index is -0.519. The highest BCUT2D eigenvalue weighted by molar-refractivity contribution is 9.11. The highest BCUT2D eigenvalue weighted by Crippen LogP contribution is 2.38. The first kappa shape index (κ1) is 14.0. The van der Waals surface area contributed by atoms with Crippen molar-refractivity contribution in [1.29, 1.82) is 0 Å². The lowest BCUT2D eigenvalue weighted by Crippen LogP contribution is -2.19. The molecule has 0 aliphatic carbocycles. The molecule has 2 heterocycles. The maximum Gasteiger partial charge on any atom is 0.224 e. The number of nitrogens with one attached hydrogen (secondary N) is 1. The second-order valence-electron chi connectivity index (χ2n) is 4.58. The van der Waals surface area contributed by atoms with Crippen molar-refractivity contribution in [1.82, 2.24) is 0 Å². The van der Waals surface area contributed by atoms with Gasteiger partial charge in [-0.2, -0.15) is 0 Å². The van der Waals surface area contributed by atoms with Gasteiger partial charge in [-0.3, -0.25) is 4.79 Å². The number of fused-ring (bicyclic) bond motifs is 1. The summed E-state index contributed by atoms with van der Waals surface area (Å²) in [5.74, 6) is -0.468. The summed E-state index contributed by atoms with van der Waals surface area (Å²) < 4.78 is 15.2. The number of anilines is 1. The van der Waals surface area contributed by atoms with Crippen molar-refractivity contribution in [2.24, 2.45) is 0 Å². The van der Waals surface area contributed by atoms with Crippen molar-refractivity contribution in [2.75, 3.05) is 5.32 Å². The molecule has 0 bridgehead atoms. The number of alkyl halides is 1. The number of benzene rings is 1. The molecule has 1 aromatic heterocycles. The van der Waals surface area contributed by atoms with Crippen LogP contribution in [0.5, 0.6) is 0 Å². The molecular formula is C14H10BrClFNOS. The van der Waals surface area contributed by atoms with E-state index in [0.717, 1.165) is 14.2 Å². The minimum Gasteiger partial charge on any atom is -0.326 e. The van der Waals surface area contributed by atoms with Crippen LogP contribution < -0.4 is 5.32 Å². The zero-order valence-electron chi connectivity index (χ0n) is 10.3. The fourth-order valence-electron chi connectivity index (χ4n) is 2.23. The Labute approximate surface area is 133 Å². The predicted molar refractivity (Wildman–Crippen MR) is 83.1 cm³/mol. The van der Waals surface area contributed by atoms with Gasteiger partial charge in [0, 0.05) is 22.5 Å². The van der Waals surface area contributed by atoms with Gasteiger partial charge in [0.2, 0.25) is 5.91 Å². The van der Waals surface area contributed by atoms with Crippen LogP contribution in [0.3, 0.4) is 0 Å². The van der Waals surface area contributed by atoms with Gasteiger partial charge in [0.25, 0.3) is 0 Å². The lowest BCUT2D eigenvalue weighted by atomic mass is 9.98. The summed E-state index contributed by atoms with van der Waals surface area (Å²) in [4.78, 5) is 12.2. The van der Waals surface area contributed by atoms with Gasteiger partial charge in [-0.15, -0.1) is 22.9 Å². The molecule has 1 unspecified atom stereocenters. The van der Waals surface area contributed by atoms with Gasteiger partial charge < -0.3 is 5.32 Å². The van der Waals surface area contributed by atoms with E-state index in [1.165, 1.54) is 17.4 Å². The van der Waals surface area contributed by atoms with Crippen molar-refractivity contribution in [3.05, 3.63) is 49.9 Å². The van der Waals surface area contributed by atoms with Crippen LogP contribution in [0.2, 0.25) is 0 Å². The van der Waals surface area contributed by atoms with E-state index in [9.17, 15) is 9.18 Å². The largest absolute Gasteiger partial charge is 0.326 e. The maximum absolute atomic E-state index is 14.2. The van der Waals surface area contributed by atoms with Gasteiger partial charge in [0.1, 0.15) is 5.82 Å². The number of rotatable bonds is 2. The number of halogens is 3. The van der Waals surface area contributed by atoms with Crippen LogP contribution in [-0.2, 0) is 11.2 Å². The average Bonchev–Trinajstić information content (AvgIpc) is 2.84. The molecule has 0 fully saturated rings. The molecule has 0 saturated carbocycles. The molecule has 1 aliphatic rings. The molecule has 1 aliphatic heterocycles. The van der Waals surface area contributed by atoms with Gasteiger partial charge in [-0.05, 0) is 52.2 Å². The van der Waals surface area contributed by atoms with E-state index < -0.39 is 11.2 Å². The molecule has 2 nitrogen and oxygen atoms in total. The highest BCUT2D eigenvalue weighted by atomic mass is 79.9. The molecule has 1 atom stereocenters. The second-order valence-corrected chi connectivity index (χ2v) is 7.51. The summed E-state index contributed by atoms with van der Waals surface area (Å²) in [5.41, 5.74) is 1.94. The molecule has 1 amide bonds. The smallest absolute Gasteiger partial charge is 0.224 e. The summed E-state index contributed by atoms with van der Waals surface area (Å²) >= 11 is 11.2. The van der Waals surface area contributed by atoms with Crippen molar-refractivity contribution >= 4 is 50.5 Å². The Morgan fingerprint density at radius 3 is 2.85 bits per heavy atom. The zero-order chi connectivity index (χ0) is 14.3. The number of amides is 1. The minimum absolute atomic E-state index is 0.0748. The lowest BCUT2D eigenvalue weighted by molar-refractivity contribution is -0.116. The Morgan fingerprint density at radius 2 is 2.15 bits per heavy atom. The van der Waals surface area contributed by atoms with E-state index >= 15 is 0 Å². The Morgan fingerprint density at radius 1 is 1.35 bits per heavy atom. The average molecular weight is 375 g/mol. The van der Waals surface area contributed by atoms with Crippen molar-refractivity contribution < 1.29 is 9.18 Å². The monoisotopic (exact) mass is 373 g/mol. The molecule has 0 saturated heterocycles. The molecule has 20 heavy (non-hydrogen) atoms. The van der Waals surface area contributed by atoms with E-state index in [4.69, 9.17) is 11.6 Å². The normalized spacial score (nSPS) is 15.7. The maximum atomic E-state index is 14.2. The molecular weight excluding hydrogens is 365 g/mol. The highest BCUT2D eigenvalue weighted by Gasteiger charge is 2.22. The van der Waals surface area contributed by atoms with E-state index in [1.807, 2.05) is 12.1 Å². The van der Waals surface area contributed by atoms with Gasteiger partial charge in [-0.1, -0.05) is 0 Å². The number of carbonyl (C=O) groups excluding carboxylic acids is 1. The van der Waals surface area contributed by atoms with Gasteiger partial charge in [0.05, 0.1) is 9.16 Å². The summed E-state index contributed by atoms with van der Waals surface area (Å²) in [5, 5.41) is 2.16. The molecule has 1 aromatic carbocycles. The summed E-state index contributed by atoms with van der Waals surface area (Å²) in [6, 6.07) is 6.90. The molecule has 6 heteroatoms. The summed E-state index contributed by atoms with van der Waals surface area (Å²) in [6.07, 6.45) is 1.04. The van der Waals surface area contributed by atoms with Crippen molar-refractivity contribution in [3.8, 4) is 0 Å². The summed E-state index contributed by atoms with van der Waals surface area (Å²) in [7, 11) is 0. The number of carbonyl (C=O) groups is 1. The molecule has 104 valence electrons. The van der Waals surface area contributed by atoms with Crippen LogP contribution in [0.4, 0.5) is 10.1 Å². The Hall–Kier alpha value is -0.910. The third kappa shape index (κ3) is 2.62. The molecule has 0 radical (unpaired) electrons. The Bertz CT molecular complexity index is 688. The first-order chi connectivity index (χ1) is 9.54.